The first-order valence-electron chi connectivity index (χ1n) is 10.2. The predicted molar refractivity (Wildman–Crippen MR) is 116 cm³/mol. The number of methoxy groups -OCH3 is 1. The molecule has 1 atom stereocenters. The monoisotopic (exact) mass is 395 g/mol. The molecule has 1 heterocycles. The fraction of sp³-hybridized carbons (Fsp3) is 0.458. The lowest BCUT2D eigenvalue weighted by atomic mass is 9.82. The normalized spacial score (nSPS) is 18.7. The molecular weight excluding hydrogens is 366 g/mol. The lowest BCUT2D eigenvalue weighted by Crippen LogP contribution is -2.28. The van der Waals surface area contributed by atoms with E-state index in [0.29, 0.717) is 23.9 Å². The summed E-state index contributed by atoms with van der Waals surface area (Å²) >= 11 is 1.69. The maximum absolute atomic E-state index is 11.6. The molecule has 1 unspecified atom stereocenters. The van der Waals surface area contributed by atoms with Gasteiger partial charge in [0.25, 0.3) is 0 Å². The minimum atomic E-state index is 0.342. The number of hydrogen-bond acceptors (Lipinski definition) is 4. The summed E-state index contributed by atoms with van der Waals surface area (Å²) in [5.74, 6) is 2.61. The zero-order chi connectivity index (χ0) is 19.5. The molecule has 0 saturated heterocycles. The quantitative estimate of drug-likeness (QED) is 0.720. The maximum Gasteiger partial charge on any atom is 0.147 e. The standard InChI is InChI=1S/C24H29NO2S/c1-25(12-11-17-9-10-18-14-20(26)16-28-24(18)13-17)15-19-5-3-7-22-21(19)6-4-8-23(22)27-2/h4,6,8-10,13,19H,3,5,7,11-12,14-16H2,1-2H3. The van der Waals surface area contributed by atoms with Crippen LogP contribution < -0.4 is 4.74 Å². The summed E-state index contributed by atoms with van der Waals surface area (Å²) in [4.78, 5) is 15.4. The van der Waals surface area contributed by atoms with Gasteiger partial charge in [0.1, 0.15) is 11.5 Å². The van der Waals surface area contributed by atoms with E-state index in [1.807, 2.05) is 0 Å². The number of thioether (sulfide) groups is 1. The van der Waals surface area contributed by atoms with Crippen LogP contribution in [-0.4, -0.2) is 43.7 Å². The van der Waals surface area contributed by atoms with E-state index in [9.17, 15) is 4.79 Å². The Labute approximate surface area is 172 Å². The summed E-state index contributed by atoms with van der Waals surface area (Å²) in [6.45, 7) is 2.15. The molecule has 1 aliphatic carbocycles. The molecule has 0 spiro atoms. The highest BCUT2D eigenvalue weighted by atomic mass is 32.2. The van der Waals surface area contributed by atoms with Crippen molar-refractivity contribution >= 4 is 17.5 Å². The summed E-state index contributed by atoms with van der Waals surface area (Å²) in [5, 5.41) is 0. The van der Waals surface area contributed by atoms with Crippen LogP contribution >= 0.6 is 11.8 Å². The van der Waals surface area contributed by atoms with Crippen LogP contribution in [0.25, 0.3) is 0 Å². The molecular formula is C24H29NO2S. The predicted octanol–water partition coefficient (Wildman–Crippen LogP) is 4.51. The van der Waals surface area contributed by atoms with E-state index >= 15 is 0 Å². The van der Waals surface area contributed by atoms with Crippen molar-refractivity contribution in [2.45, 2.75) is 42.9 Å². The molecule has 2 aromatic rings. The molecule has 0 bridgehead atoms. The number of ketones is 1. The van der Waals surface area contributed by atoms with Gasteiger partial charge in [-0.1, -0.05) is 24.3 Å². The minimum absolute atomic E-state index is 0.342. The second-order valence-corrected chi connectivity index (χ2v) is 9.09. The molecule has 28 heavy (non-hydrogen) atoms. The SMILES string of the molecule is COc1cccc2c1CCCC2CN(C)CCc1ccc2c(c1)SCC(=O)C2. The minimum Gasteiger partial charge on any atom is -0.496 e. The molecule has 0 aromatic heterocycles. The van der Waals surface area contributed by atoms with E-state index in [0.717, 1.165) is 31.7 Å². The topological polar surface area (TPSA) is 29.5 Å². The Morgan fingerprint density at radius 2 is 2.14 bits per heavy atom. The number of benzene rings is 2. The van der Waals surface area contributed by atoms with Crippen molar-refractivity contribution in [2.75, 3.05) is 33.0 Å². The zero-order valence-electron chi connectivity index (χ0n) is 16.9. The second-order valence-electron chi connectivity index (χ2n) is 8.08. The number of carbonyl (C=O) groups is 1. The molecule has 0 amide bonds. The van der Waals surface area contributed by atoms with Crippen LogP contribution in [0.2, 0.25) is 0 Å². The van der Waals surface area contributed by atoms with Gasteiger partial charge < -0.3 is 9.64 Å². The third-order valence-corrected chi connectivity index (χ3v) is 7.19. The van der Waals surface area contributed by atoms with Crippen LogP contribution in [0.15, 0.2) is 41.3 Å². The number of hydrogen-bond donors (Lipinski definition) is 0. The van der Waals surface area contributed by atoms with Gasteiger partial charge >= 0.3 is 0 Å². The molecule has 0 saturated carbocycles. The van der Waals surface area contributed by atoms with E-state index in [2.05, 4.69) is 48.3 Å². The smallest absolute Gasteiger partial charge is 0.147 e. The number of carbonyl (C=O) groups excluding carboxylic acids is 1. The van der Waals surface area contributed by atoms with Crippen LogP contribution in [0, 0.1) is 0 Å². The van der Waals surface area contributed by atoms with Gasteiger partial charge in [0.05, 0.1) is 12.9 Å². The molecule has 4 rings (SSSR count). The summed E-state index contributed by atoms with van der Waals surface area (Å²) < 4.78 is 5.59. The molecule has 148 valence electrons. The fourth-order valence-electron chi connectivity index (χ4n) is 4.54. The average molecular weight is 396 g/mol. The van der Waals surface area contributed by atoms with Gasteiger partial charge in [0, 0.05) is 24.4 Å². The van der Waals surface area contributed by atoms with Crippen molar-refractivity contribution in [2.24, 2.45) is 0 Å². The number of fused-ring (bicyclic) bond motifs is 2. The third-order valence-electron chi connectivity index (χ3n) is 6.03. The van der Waals surface area contributed by atoms with E-state index in [4.69, 9.17) is 4.74 Å². The number of Topliss-reactive ketones (excluding diaryl/α,β-unsaturated/α-hetero) is 1. The zero-order valence-corrected chi connectivity index (χ0v) is 17.7. The first kappa shape index (κ1) is 19.5. The van der Waals surface area contributed by atoms with E-state index < -0.39 is 0 Å². The lowest BCUT2D eigenvalue weighted by Gasteiger charge is -2.30. The average Bonchev–Trinajstić information content (AvgIpc) is 2.72. The summed E-state index contributed by atoms with van der Waals surface area (Å²) in [7, 11) is 4.01. The van der Waals surface area contributed by atoms with Crippen LogP contribution in [0.1, 0.15) is 41.0 Å². The molecule has 0 N–H and O–H groups in total. The van der Waals surface area contributed by atoms with Gasteiger partial charge in [-0.3, -0.25) is 4.79 Å². The van der Waals surface area contributed by atoms with Gasteiger partial charge in [0.15, 0.2) is 0 Å². The van der Waals surface area contributed by atoms with Crippen LogP contribution in [0.3, 0.4) is 0 Å². The van der Waals surface area contributed by atoms with Crippen molar-refractivity contribution in [3.05, 3.63) is 58.7 Å². The first-order chi connectivity index (χ1) is 13.6. The summed E-state index contributed by atoms with van der Waals surface area (Å²) in [6.07, 6.45) is 5.29. The van der Waals surface area contributed by atoms with Crippen molar-refractivity contribution in [3.63, 3.8) is 0 Å². The van der Waals surface area contributed by atoms with Crippen LogP contribution in [-0.2, 0) is 24.1 Å². The lowest BCUT2D eigenvalue weighted by molar-refractivity contribution is -0.116. The van der Waals surface area contributed by atoms with E-state index in [1.54, 1.807) is 18.9 Å². The second kappa shape index (κ2) is 8.71. The molecule has 2 aromatic carbocycles. The van der Waals surface area contributed by atoms with Crippen molar-refractivity contribution in [1.29, 1.82) is 0 Å². The van der Waals surface area contributed by atoms with Crippen LogP contribution in [0.4, 0.5) is 0 Å². The highest BCUT2D eigenvalue weighted by Crippen LogP contribution is 2.37. The molecule has 2 aliphatic rings. The molecule has 0 fully saturated rings. The Morgan fingerprint density at radius 1 is 1.25 bits per heavy atom. The van der Waals surface area contributed by atoms with Gasteiger partial charge in [-0.15, -0.1) is 11.8 Å². The Kier molecular flexibility index (Phi) is 6.07. The Hall–Kier alpha value is -1.78. The van der Waals surface area contributed by atoms with Gasteiger partial charge in [-0.2, -0.15) is 0 Å². The van der Waals surface area contributed by atoms with Crippen molar-refractivity contribution < 1.29 is 9.53 Å². The van der Waals surface area contributed by atoms with Gasteiger partial charge in [-0.25, -0.2) is 0 Å². The highest BCUT2D eigenvalue weighted by molar-refractivity contribution is 8.00. The number of rotatable bonds is 6. The largest absolute Gasteiger partial charge is 0.496 e. The van der Waals surface area contributed by atoms with Crippen molar-refractivity contribution in [1.82, 2.24) is 4.90 Å². The summed E-state index contributed by atoms with van der Waals surface area (Å²) in [6, 6.07) is 13.2. The first-order valence-corrected chi connectivity index (χ1v) is 11.2. The summed E-state index contributed by atoms with van der Waals surface area (Å²) in [5.41, 5.74) is 5.47. The van der Waals surface area contributed by atoms with Gasteiger partial charge in [0.2, 0.25) is 0 Å². The number of likely N-dealkylation sites (N-methyl/N-ethyl adjacent to an activating group) is 1. The highest BCUT2D eigenvalue weighted by Gasteiger charge is 2.23. The number of nitrogens with zero attached hydrogens (tertiary/aromatic N) is 1. The molecule has 0 radical (unpaired) electrons. The third kappa shape index (κ3) is 4.28. The van der Waals surface area contributed by atoms with E-state index in [1.165, 1.54) is 40.0 Å². The molecule has 4 heteroatoms. The molecule has 3 nitrogen and oxygen atoms in total. The Bertz CT molecular complexity index is 864. The van der Waals surface area contributed by atoms with E-state index in [-0.39, 0.29) is 0 Å². The maximum atomic E-state index is 11.6. The fourth-order valence-corrected chi connectivity index (χ4v) is 5.52. The molecule has 1 aliphatic heterocycles. The van der Waals surface area contributed by atoms with Gasteiger partial charge in [-0.05, 0) is 73.0 Å². The Morgan fingerprint density at radius 3 is 3.00 bits per heavy atom. The van der Waals surface area contributed by atoms with Crippen LogP contribution in [0.5, 0.6) is 5.75 Å². The number of ether oxygens (including phenoxy) is 1. The van der Waals surface area contributed by atoms with Crippen molar-refractivity contribution in [3.8, 4) is 5.75 Å². The Balaban J connectivity index is 1.37.